The highest BCUT2D eigenvalue weighted by atomic mass is 127. The van der Waals surface area contributed by atoms with E-state index in [4.69, 9.17) is 0 Å². The molecule has 0 radical (unpaired) electrons. The lowest BCUT2D eigenvalue weighted by atomic mass is 10.00. The van der Waals surface area contributed by atoms with Gasteiger partial charge in [-0.05, 0) is 47.1 Å². The molecule has 64 valence electrons. The van der Waals surface area contributed by atoms with E-state index < -0.39 is 0 Å². The van der Waals surface area contributed by atoms with Gasteiger partial charge in [-0.3, -0.25) is 0 Å². The van der Waals surface area contributed by atoms with Gasteiger partial charge in [-0.2, -0.15) is 0 Å². The molecule has 0 saturated heterocycles. The number of halogens is 1. The molecule has 0 aromatic heterocycles. The van der Waals surface area contributed by atoms with Crippen LogP contribution < -0.4 is 0 Å². The first-order chi connectivity index (χ1) is 5.65. The van der Waals surface area contributed by atoms with Gasteiger partial charge in [0.1, 0.15) is 0 Å². The van der Waals surface area contributed by atoms with Crippen LogP contribution in [0.3, 0.4) is 0 Å². The van der Waals surface area contributed by atoms with E-state index in [1.165, 1.54) is 14.7 Å². The smallest absolute Gasteiger partial charge is 0.0168 e. The van der Waals surface area contributed by atoms with E-state index in [0.29, 0.717) is 5.92 Å². The van der Waals surface area contributed by atoms with E-state index in [2.05, 4.69) is 61.2 Å². The quantitative estimate of drug-likeness (QED) is 0.566. The van der Waals surface area contributed by atoms with Crippen molar-refractivity contribution in [3.8, 4) is 0 Å². The van der Waals surface area contributed by atoms with Crippen molar-refractivity contribution in [1.82, 2.24) is 0 Å². The molecule has 0 saturated carbocycles. The highest BCUT2D eigenvalue weighted by Gasteiger charge is 2.04. The fourth-order valence-corrected chi connectivity index (χ4v) is 1.97. The van der Waals surface area contributed by atoms with Crippen LogP contribution in [0.4, 0.5) is 0 Å². The summed E-state index contributed by atoms with van der Waals surface area (Å²) in [5, 5.41) is 0. The standard InChI is InChI=1S/C11H13I/c1-4-9(3)10-7-8(2)5-6-11(10)12/h4-7,9H,1H2,2-3H3. The van der Waals surface area contributed by atoms with Crippen molar-refractivity contribution < 1.29 is 0 Å². The van der Waals surface area contributed by atoms with Crippen molar-refractivity contribution in [2.45, 2.75) is 19.8 Å². The molecular formula is C11H13I. The third kappa shape index (κ3) is 2.09. The molecule has 0 N–H and O–H groups in total. The van der Waals surface area contributed by atoms with Crippen molar-refractivity contribution in [2.75, 3.05) is 0 Å². The van der Waals surface area contributed by atoms with Gasteiger partial charge in [-0.15, -0.1) is 6.58 Å². The van der Waals surface area contributed by atoms with Crippen molar-refractivity contribution >= 4 is 22.6 Å². The highest BCUT2D eigenvalue weighted by Crippen LogP contribution is 2.23. The average molecular weight is 272 g/mol. The third-order valence-corrected chi connectivity index (χ3v) is 2.98. The minimum Gasteiger partial charge on any atom is -0.102 e. The lowest BCUT2D eigenvalue weighted by molar-refractivity contribution is 0.959. The second-order valence-electron chi connectivity index (χ2n) is 3.05. The molecule has 12 heavy (non-hydrogen) atoms. The minimum atomic E-state index is 0.455. The number of hydrogen-bond acceptors (Lipinski definition) is 0. The second-order valence-corrected chi connectivity index (χ2v) is 4.21. The number of hydrogen-bond donors (Lipinski definition) is 0. The monoisotopic (exact) mass is 272 g/mol. The second kappa shape index (κ2) is 4.08. The highest BCUT2D eigenvalue weighted by molar-refractivity contribution is 14.1. The summed E-state index contributed by atoms with van der Waals surface area (Å²) < 4.78 is 1.32. The molecule has 0 aliphatic carbocycles. The normalized spacial score (nSPS) is 12.6. The van der Waals surface area contributed by atoms with Crippen LogP contribution in [0.2, 0.25) is 0 Å². The van der Waals surface area contributed by atoms with Gasteiger partial charge < -0.3 is 0 Å². The first kappa shape index (κ1) is 9.78. The third-order valence-electron chi connectivity index (χ3n) is 2.00. The van der Waals surface area contributed by atoms with Crippen LogP contribution in [-0.4, -0.2) is 0 Å². The van der Waals surface area contributed by atoms with Gasteiger partial charge in [-0.25, -0.2) is 0 Å². The SMILES string of the molecule is C=CC(C)c1cc(C)ccc1I. The van der Waals surface area contributed by atoms with Gasteiger partial charge in [0.2, 0.25) is 0 Å². The number of benzene rings is 1. The summed E-state index contributed by atoms with van der Waals surface area (Å²) in [5.74, 6) is 0.455. The van der Waals surface area contributed by atoms with Gasteiger partial charge in [0, 0.05) is 3.57 Å². The number of aryl methyl sites for hydroxylation is 1. The summed E-state index contributed by atoms with van der Waals surface area (Å²) in [6.07, 6.45) is 1.98. The summed E-state index contributed by atoms with van der Waals surface area (Å²) in [5.41, 5.74) is 2.70. The Morgan fingerprint density at radius 3 is 2.75 bits per heavy atom. The summed E-state index contributed by atoms with van der Waals surface area (Å²) in [6, 6.07) is 6.53. The minimum absolute atomic E-state index is 0.455. The van der Waals surface area contributed by atoms with Crippen LogP contribution in [-0.2, 0) is 0 Å². The van der Waals surface area contributed by atoms with Gasteiger partial charge in [0.05, 0.1) is 0 Å². The Hall–Kier alpha value is -0.310. The molecule has 1 unspecified atom stereocenters. The van der Waals surface area contributed by atoms with Crippen LogP contribution in [0.15, 0.2) is 30.9 Å². The largest absolute Gasteiger partial charge is 0.102 e. The molecule has 0 nitrogen and oxygen atoms in total. The van der Waals surface area contributed by atoms with E-state index in [1.54, 1.807) is 0 Å². The van der Waals surface area contributed by atoms with Crippen LogP contribution in [0.5, 0.6) is 0 Å². The molecule has 1 heteroatoms. The Morgan fingerprint density at radius 1 is 1.50 bits per heavy atom. The van der Waals surface area contributed by atoms with Crippen molar-refractivity contribution in [3.63, 3.8) is 0 Å². The van der Waals surface area contributed by atoms with E-state index in [1.807, 2.05) is 6.08 Å². The van der Waals surface area contributed by atoms with Crippen LogP contribution in [0.25, 0.3) is 0 Å². The zero-order chi connectivity index (χ0) is 9.14. The fourth-order valence-electron chi connectivity index (χ4n) is 1.14. The molecule has 1 atom stereocenters. The Balaban J connectivity index is 3.12. The Kier molecular flexibility index (Phi) is 3.32. The Morgan fingerprint density at radius 2 is 2.17 bits per heavy atom. The average Bonchev–Trinajstić information content (AvgIpc) is 2.08. The van der Waals surface area contributed by atoms with Crippen molar-refractivity contribution in [2.24, 2.45) is 0 Å². The summed E-state index contributed by atoms with van der Waals surface area (Å²) in [4.78, 5) is 0. The summed E-state index contributed by atoms with van der Waals surface area (Å²) in [6.45, 7) is 8.10. The lowest BCUT2D eigenvalue weighted by Gasteiger charge is -2.09. The molecule has 1 aromatic rings. The molecular weight excluding hydrogens is 259 g/mol. The summed E-state index contributed by atoms with van der Waals surface area (Å²) >= 11 is 2.37. The fraction of sp³-hybridized carbons (Fsp3) is 0.273. The Bertz CT molecular complexity index is 289. The predicted molar refractivity (Wildman–Crippen MR) is 62.5 cm³/mol. The molecule has 1 aromatic carbocycles. The molecule has 0 heterocycles. The van der Waals surface area contributed by atoms with Crippen molar-refractivity contribution in [1.29, 1.82) is 0 Å². The molecule has 0 spiro atoms. The topological polar surface area (TPSA) is 0 Å². The van der Waals surface area contributed by atoms with Gasteiger partial charge in [0.15, 0.2) is 0 Å². The van der Waals surface area contributed by atoms with Crippen molar-refractivity contribution in [3.05, 3.63) is 45.6 Å². The van der Waals surface area contributed by atoms with E-state index >= 15 is 0 Å². The molecule has 0 aliphatic rings. The number of rotatable bonds is 2. The first-order valence-corrected chi connectivity index (χ1v) is 5.11. The molecule has 0 aliphatic heterocycles. The first-order valence-electron chi connectivity index (χ1n) is 4.03. The maximum atomic E-state index is 3.80. The predicted octanol–water partition coefficient (Wildman–Crippen LogP) is 3.89. The molecule has 1 rings (SSSR count). The van der Waals surface area contributed by atoms with Crippen LogP contribution >= 0.6 is 22.6 Å². The van der Waals surface area contributed by atoms with E-state index in [0.717, 1.165) is 0 Å². The van der Waals surface area contributed by atoms with E-state index in [9.17, 15) is 0 Å². The number of allylic oxidation sites excluding steroid dienone is 1. The summed E-state index contributed by atoms with van der Waals surface area (Å²) in [7, 11) is 0. The van der Waals surface area contributed by atoms with Gasteiger partial charge in [0.25, 0.3) is 0 Å². The van der Waals surface area contributed by atoms with E-state index in [-0.39, 0.29) is 0 Å². The molecule has 0 amide bonds. The Labute approximate surface area is 87.8 Å². The van der Waals surface area contributed by atoms with Gasteiger partial charge in [-0.1, -0.05) is 30.7 Å². The maximum absolute atomic E-state index is 3.80. The lowest BCUT2D eigenvalue weighted by Crippen LogP contribution is -1.93. The van der Waals surface area contributed by atoms with Crippen LogP contribution in [0, 0.1) is 10.5 Å². The molecule has 0 bridgehead atoms. The zero-order valence-electron chi connectivity index (χ0n) is 7.47. The zero-order valence-corrected chi connectivity index (χ0v) is 9.63. The van der Waals surface area contributed by atoms with Gasteiger partial charge >= 0.3 is 0 Å². The molecule has 0 fully saturated rings. The van der Waals surface area contributed by atoms with Crippen LogP contribution in [0.1, 0.15) is 24.0 Å². The maximum Gasteiger partial charge on any atom is 0.0168 e.